The first-order valence-corrected chi connectivity index (χ1v) is 11.1. The fraction of sp³-hybridized carbons (Fsp3) is 0.360. The highest BCUT2D eigenvalue weighted by molar-refractivity contribution is 5.96. The number of halogens is 4. The summed E-state index contributed by atoms with van der Waals surface area (Å²) in [4.78, 5) is 13.2. The molecule has 2 aromatic carbocycles. The molecule has 5 nitrogen and oxygen atoms in total. The Morgan fingerprint density at radius 2 is 1.97 bits per heavy atom. The molecule has 0 aliphatic heterocycles. The van der Waals surface area contributed by atoms with E-state index in [4.69, 9.17) is 0 Å². The fourth-order valence-electron chi connectivity index (χ4n) is 4.06. The molecule has 180 valence electrons. The van der Waals surface area contributed by atoms with E-state index < -0.39 is 24.4 Å². The number of aryl methyl sites for hydroxylation is 2. The molecule has 1 aliphatic carbocycles. The normalized spacial score (nSPS) is 14.8. The van der Waals surface area contributed by atoms with Crippen LogP contribution in [0.2, 0.25) is 0 Å². The summed E-state index contributed by atoms with van der Waals surface area (Å²) in [6.07, 6.45) is -1.57. The second kappa shape index (κ2) is 9.21. The van der Waals surface area contributed by atoms with E-state index in [1.807, 2.05) is 0 Å². The summed E-state index contributed by atoms with van der Waals surface area (Å²) in [5.41, 5.74) is 0.611. The Morgan fingerprint density at radius 1 is 1.24 bits per heavy atom. The molecule has 1 heterocycles. The molecule has 1 saturated carbocycles. The molecular weight excluding hydrogens is 450 g/mol. The number of hydrogen-bond donors (Lipinski definition) is 2. The molecular formula is C25H25F4N3O2. The van der Waals surface area contributed by atoms with Crippen LogP contribution >= 0.6 is 0 Å². The summed E-state index contributed by atoms with van der Waals surface area (Å²) in [5, 5.41) is 16.3. The number of aliphatic hydroxyl groups is 1. The van der Waals surface area contributed by atoms with E-state index >= 15 is 0 Å². The van der Waals surface area contributed by atoms with Crippen molar-refractivity contribution in [2.45, 2.75) is 52.1 Å². The number of carbonyl (C=O) groups excluding carboxylic acids is 1. The zero-order valence-electron chi connectivity index (χ0n) is 18.8. The Morgan fingerprint density at radius 3 is 2.56 bits per heavy atom. The van der Waals surface area contributed by atoms with Crippen LogP contribution in [-0.4, -0.2) is 20.8 Å². The Balaban J connectivity index is 1.70. The highest BCUT2D eigenvalue weighted by atomic mass is 19.4. The van der Waals surface area contributed by atoms with Crippen molar-refractivity contribution in [1.82, 2.24) is 15.1 Å². The molecule has 4 rings (SSSR count). The third-order valence-electron chi connectivity index (χ3n) is 6.02. The topological polar surface area (TPSA) is 67.2 Å². The lowest BCUT2D eigenvalue weighted by Crippen LogP contribution is -2.30. The van der Waals surface area contributed by atoms with Crippen molar-refractivity contribution in [3.8, 4) is 11.1 Å². The molecule has 1 aliphatic rings. The Bertz CT molecular complexity index is 1220. The lowest BCUT2D eigenvalue weighted by molar-refractivity contribution is -0.141. The Hall–Kier alpha value is -3.20. The van der Waals surface area contributed by atoms with Gasteiger partial charge in [0.15, 0.2) is 5.69 Å². The molecule has 34 heavy (non-hydrogen) atoms. The molecule has 1 amide bonds. The minimum atomic E-state index is -4.68. The van der Waals surface area contributed by atoms with Gasteiger partial charge in [-0.3, -0.25) is 9.48 Å². The largest absolute Gasteiger partial charge is 0.435 e. The molecule has 1 aromatic heterocycles. The smallest absolute Gasteiger partial charge is 0.392 e. The van der Waals surface area contributed by atoms with Gasteiger partial charge in [0.2, 0.25) is 0 Å². The van der Waals surface area contributed by atoms with Gasteiger partial charge in [0.25, 0.3) is 5.91 Å². The summed E-state index contributed by atoms with van der Waals surface area (Å²) in [6.45, 7) is 3.13. The standard InChI is InChI=1S/C25H25F4N3O2/c1-3-32-12-20(23(31-32)25(27,28)29)18-9-15(13-33)10-19(11-18)24(34)30-22(16-4-5-16)17-6-7-21(26)14(2)8-17/h6-12,16,22,33H,3-5,13H2,1-2H3,(H,30,34). The lowest BCUT2D eigenvalue weighted by Gasteiger charge is -2.20. The first-order valence-electron chi connectivity index (χ1n) is 11.1. The van der Waals surface area contributed by atoms with Gasteiger partial charge >= 0.3 is 6.18 Å². The minimum Gasteiger partial charge on any atom is -0.392 e. The van der Waals surface area contributed by atoms with Crippen LogP contribution in [0, 0.1) is 18.7 Å². The van der Waals surface area contributed by atoms with Gasteiger partial charge in [0.05, 0.1) is 12.6 Å². The van der Waals surface area contributed by atoms with E-state index in [1.54, 1.807) is 26.0 Å². The van der Waals surface area contributed by atoms with E-state index in [0.29, 0.717) is 11.1 Å². The second-order valence-electron chi connectivity index (χ2n) is 8.62. The number of hydrogen-bond acceptors (Lipinski definition) is 3. The van der Waals surface area contributed by atoms with Gasteiger partial charge in [-0.2, -0.15) is 18.3 Å². The maximum Gasteiger partial charge on any atom is 0.435 e. The van der Waals surface area contributed by atoms with E-state index in [-0.39, 0.29) is 41.0 Å². The van der Waals surface area contributed by atoms with Crippen LogP contribution in [0.1, 0.15) is 58.5 Å². The third-order valence-corrected chi connectivity index (χ3v) is 6.02. The maximum atomic E-state index is 13.7. The van der Waals surface area contributed by atoms with Gasteiger partial charge < -0.3 is 10.4 Å². The van der Waals surface area contributed by atoms with Crippen molar-refractivity contribution < 1.29 is 27.5 Å². The quantitative estimate of drug-likeness (QED) is 0.449. The number of aliphatic hydroxyl groups excluding tert-OH is 1. The van der Waals surface area contributed by atoms with Gasteiger partial charge in [-0.15, -0.1) is 0 Å². The Kier molecular flexibility index (Phi) is 6.49. The van der Waals surface area contributed by atoms with Gasteiger partial charge in [-0.1, -0.05) is 12.1 Å². The van der Waals surface area contributed by atoms with Crippen molar-refractivity contribution in [2.24, 2.45) is 5.92 Å². The number of aromatic nitrogens is 2. The first kappa shape index (κ1) is 23.9. The second-order valence-corrected chi connectivity index (χ2v) is 8.62. The predicted octanol–water partition coefficient (Wildman–Crippen LogP) is 5.41. The average Bonchev–Trinajstić information content (AvgIpc) is 3.54. The highest BCUT2D eigenvalue weighted by Crippen LogP contribution is 2.42. The number of nitrogens with one attached hydrogen (secondary N) is 1. The third kappa shape index (κ3) is 4.99. The number of alkyl halides is 3. The predicted molar refractivity (Wildman–Crippen MR) is 118 cm³/mol. The van der Waals surface area contributed by atoms with Crippen LogP contribution in [0.15, 0.2) is 42.6 Å². The highest BCUT2D eigenvalue weighted by Gasteiger charge is 2.38. The maximum absolute atomic E-state index is 13.7. The van der Waals surface area contributed by atoms with Gasteiger partial charge in [0.1, 0.15) is 5.82 Å². The summed E-state index contributed by atoms with van der Waals surface area (Å²) in [6, 6.07) is 8.60. The molecule has 3 aromatic rings. The molecule has 0 spiro atoms. The van der Waals surface area contributed by atoms with Crippen LogP contribution in [0.25, 0.3) is 11.1 Å². The van der Waals surface area contributed by atoms with Crippen LogP contribution < -0.4 is 5.32 Å². The van der Waals surface area contributed by atoms with Crippen LogP contribution in [0.5, 0.6) is 0 Å². The SMILES string of the molecule is CCn1cc(-c2cc(CO)cc(C(=O)NC(c3ccc(F)c(C)c3)C3CC3)c2)c(C(F)(F)F)n1. The van der Waals surface area contributed by atoms with Crippen molar-refractivity contribution in [1.29, 1.82) is 0 Å². The molecule has 0 saturated heterocycles. The van der Waals surface area contributed by atoms with Crippen LogP contribution in [0.4, 0.5) is 17.6 Å². The van der Waals surface area contributed by atoms with Gasteiger partial charge in [-0.05, 0) is 79.1 Å². The first-order chi connectivity index (χ1) is 16.1. The van der Waals surface area contributed by atoms with E-state index in [1.165, 1.54) is 35.1 Å². The molecule has 0 radical (unpaired) electrons. The zero-order valence-corrected chi connectivity index (χ0v) is 18.8. The van der Waals surface area contributed by atoms with E-state index in [0.717, 1.165) is 18.4 Å². The van der Waals surface area contributed by atoms with Gasteiger partial charge in [-0.25, -0.2) is 4.39 Å². The number of amides is 1. The molecule has 0 bridgehead atoms. The molecule has 1 unspecified atom stereocenters. The zero-order chi connectivity index (χ0) is 24.6. The average molecular weight is 475 g/mol. The fourth-order valence-corrected chi connectivity index (χ4v) is 4.06. The summed E-state index contributed by atoms with van der Waals surface area (Å²) in [5.74, 6) is -0.612. The van der Waals surface area contributed by atoms with E-state index in [9.17, 15) is 27.5 Å². The summed E-state index contributed by atoms with van der Waals surface area (Å²) < 4.78 is 55.8. The van der Waals surface area contributed by atoms with Crippen LogP contribution in [0.3, 0.4) is 0 Å². The Labute approximate surface area is 194 Å². The van der Waals surface area contributed by atoms with Crippen LogP contribution in [-0.2, 0) is 19.3 Å². The summed E-state index contributed by atoms with van der Waals surface area (Å²) >= 11 is 0. The monoisotopic (exact) mass is 475 g/mol. The number of nitrogens with zero attached hydrogens (tertiary/aromatic N) is 2. The lowest BCUT2D eigenvalue weighted by atomic mass is 9.97. The van der Waals surface area contributed by atoms with Gasteiger partial charge in [0, 0.05) is 23.9 Å². The number of carbonyl (C=O) groups is 1. The number of benzene rings is 2. The minimum absolute atomic E-state index is 0.128. The van der Waals surface area contributed by atoms with Crippen molar-refractivity contribution in [3.63, 3.8) is 0 Å². The van der Waals surface area contributed by atoms with E-state index in [2.05, 4.69) is 10.4 Å². The number of rotatable bonds is 7. The summed E-state index contributed by atoms with van der Waals surface area (Å²) in [7, 11) is 0. The molecule has 2 N–H and O–H groups in total. The molecule has 1 fully saturated rings. The van der Waals surface area contributed by atoms with Crippen molar-refractivity contribution in [3.05, 3.63) is 76.4 Å². The van der Waals surface area contributed by atoms with Crippen molar-refractivity contribution >= 4 is 5.91 Å². The molecule has 9 heteroatoms. The van der Waals surface area contributed by atoms with Crippen molar-refractivity contribution in [2.75, 3.05) is 0 Å². The molecule has 1 atom stereocenters.